The lowest BCUT2D eigenvalue weighted by Crippen LogP contribution is -2.20. The summed E-state index contributed by atoms with van der Waals surface area (Å²) < 4.78 is 5.52. The predicted octanol–water partition coefficient (Wildman–Crippen LogP) is 1.81. The number of ether oxygens (including phenoxy) is 1. The molecule has 1 heterocycles. The van der Waals surface area contributed by atoms with Gasteiger partial charge in [0.1, 0.15) is 11.9 Å². The molecule has 0 radical (unpaired) electrons. The second-order valence-corrected chi connectivity index (χ2v) is 4.39. The molecular weight excluding hydrogens is 234 g/mol. The number of nitrogens with one attached hydrogen (secondary N) is 1. The van der Waals surface area contributed by atoms with E-state index >= 15 is 0 Å². The fraction of sp³-hybridized carbons (Fsp3) is 0.385. The van der Waals surface area contributed by atoms with Crippen molar-refractivity contribution in [3.63, 3.8) is 0 Å². The van der Waals surface area contributed by atoms with E-state index in [2.05, 4.69) is 5.32 Å². The smallest absolute Gasteiger partial charge is 0.307 e. The van der Waals surface area contributed by atoms with Crippen LogP contribution in [0.25, 0.3) is 0 Å². The van der Waals surface area contributed by atoms with Crippen molar-refractivity contribution in [1.82, 2.24) is 0 Å². The molecule has 18 heavy (non-hydrogen) atoms. The van der Waals surface area contributed by atoms with Crippen LogP contribution in [-0.4, -0.2) is 23.1 Å². The molecule has 5 heteroatoms. The topological polar surface area (TPSA) is 75.6 Å². The molecule has 1 aromatic carbocycles. The molecule has 96 valence electrons. The first kappa shape index (κ1) is 12.4. The molecule has 2 N–H and O–H groups in total. The van der Waals surface area contributed by atoms with Gasteiger partial charge in [0.25, 0.3) is 0 Å². The van der Waals surface area contributed by atoms with Crippen LogP contribution >= 0.6 is 0 Å². The van der Waals surface area contributed by atoms with Crippen molar-refractivity contribution in [3.8, 4) is 5.75 Å². The summed E-state index contributed by atoms with van der Waals surface area (Å²) in [4.78, 5) is 21.7. The number of carboxylic acid groups (broad SMARTS) is 1. The molecule has 1 aliphatic heterocycles. The van der Waals surface area contributed by atoms with E-state index in [1.54, 1.807) is 19.1 Å². The van der Waals surface area contributed by atoms with Crippen LogP contribution in [0.3, 0.4) is 0 Å². The maximum Gasteiger partial charge on any atom is 0.307 e. The van der Waals surface area contributed by atoms with E-state index < -0.39 is 5.97 Å². The summed E-state index contributed by atoms with van der Waals surface area (Å²) in [5, 5.41) is 11.4. The van der Waals surface area contributed by atoms with E-state index in [4.69, 9.17) is 9.84 Å². The third-order valence-corrected chi connectivity index (χ3v) is 2.77. The fourth-order valence-electron chi connectivity index (χ4n) is 1.95. The quantitative estimate of drug-likeness (QED) is 0.853. The van der Waals surface area contributed by atoms with Crippen LogP contribution in [0.4, 0.5) is 5.69 Å². The third-order valence-electron chi connectivity index (χ3n) is 2.77. The first-order valence-electron chi connectivity index (χ1n) is 5.86. The van der Waals surface area contributed by atoms with Gasteiger partial charge in [-0.05, 0) is 37.1 Å². The highest BCUT2D eigenvalue weighted by Crippen LogP contribution is 2.27. The van der Waals surface area contributed by atoms with Gasteiger partial charge in [-0.3, -0.25) is 9.59 Å². The number of benzene rings is 1. The van der Waals surface area contributed by atoms with Gasteiger partial charge in [0.2, 0.25) is 5.91 Å². The number of amides is 1. The van der Waals surface area contributed by atoms with Gasteiger partial charge in [-0.25, -0.2) is 0 Å². The van der Waals surface area contributed by atoms with E-state index in [1.807, 2.05) is 6.07 Å². The van der Waals surface area contributed by atoms with Crippen LogP contribution in [0, 0.1) is 0 Å². The highest BCUT2D eigenvalue weighted by molar-refractivity contribution is 5.93. The number of hydrogen-bond donors (Lipinski definition) is 2. The number of hydrogen-bond acceptors (Lipinski definition) is 3. The molecule has 0 aromatic heterocycles. The van der Waals surface area contributed by atoms with Gasteiger partial charge in [0, 0.05) is 12.1 Å². The molecule has 1 atom stereocenters. The minimum absolute atomic E-state index is 0.0235. The van der Waals surface area contributed by atoms with Crippen LogP contribution in [0.15, 0.2) is 18.2 Å². The normalized spacial score (nSPS) is 15.5. The molecule has 0 unspecified atom stereocenters. The monoisotopic (exact) mass is 249 g/mol. The Balaban J connectivity index is 2.07. The van der Waals surface area contributed by atoms with Crippen molar-refractivity contribution in [3.05, 3.63) is 23.8 Å². The zero-order chi connectivity index (χ0) is 13.1. The van der Waals surface area contributed by atoms with E-state index in [0.717, 1.165) is 11.3 Å². The maximum atomic E-state index is 11.2. The lowest BCUT2D eigenvalue weighted by atomic mass is 10.0. The van der Waals surface area contributed by atoms with Gasteiger partial charge < -0.3 is 15.2 Å². The largest absolute Gasteiger partial charge is 0.490 e. The Kier molecular flexibility index (Phi) is 3.50. The van der Waals surface area contributed by atoms with Crippen molar-refractivity contribution in [1.29, 1.82) is 0 Å². The molecule has 0 aliphatic carbocycles. The molecule has 1 amide bonds. The third kappa shape index (κ3) is 3.00. The van der Waals surface area contributed by atoms with Crippen molar-refractivity contribution in [2.24, 2.45) is 0 Å². The zero-order valence-electron chi connectivity index (χ0n) is 10.1. The second-order valence-electron chi connectivity index (χ2n) is 4.39. The summed E-state index contributed by atoms with van der Waals surface area (Å²) in [5.74, 6) is -0.221. The lowest BCUT2D eigenvalue weighted by molar-refractivity contribution is -0.138. The number of carbonyl (C=O) groups is 2. The van der Waals surface area contributed by atoms with E-state index in [1.165, 1.54) is 0 Å². The minimum Gasteiger partial charge on any atom is -0.490 e. The highest BCUT2D eigenvalue weighted by Gasteiger charge is 2.16. The zero-order valence-corrected chi connectivity index (χ0v) is 10.1. The van der Waals surface area contributed by atoms with Gasteiger partial charge in [-0.2, -0.15) is 0 Å². The van der Waals surface area contributed by atoms with Gasteiger partial charge in [0.05, 0.1) is 6.42 Å². The Morgan fingerprint density at radius 3 is 3.00 bits per heavy atom. The Morgan fingerprint density at radius 1 is 1.50 bits per heavy atom. The Morgan fingerprint density at radius 2 is 2.28 bits per heavy atom. The summed E-state index contributed by atoms with van der Waals surface area (Å²) >= 11 is 0. The number of carbonyl (C=O) groups excluding carboxylic acids is 1. The Bertz CT molecular complexity index is 484. The van der Waals surface area contributed by atoms with E-state index in [-0.39, 0.29) is 18.4 Å². The number of carboxylic acids is 1. The van der Waals surface area contributed by atoms with Gasteiger partial charge in [-0.15, -0.1) is 0 Å². The number of fused-ring (bicyclic) bond motifs is 1. The molecule has 2 rings (SSSR count). The summed E-state index contributed by atoms with van der Waals surface area (Å²) in [5.41, 5.74) is 1.83. The molecule has 0 saturated carbocycles. The Labute approximate surface area is 105 Å². The van der Waals surface area contributed by atoms with Crippen molar-refractivity contribution in [2.75, 3.05) is 5.32 Å². The van der Waals surface area contributed by atoms with Gasteiger partial charge in [0.15, 0.2) is 0 Å². The molecule has 1 aromatic rings. The SMILES string of the molecule is C[C@@H](CC(=O)O)Oc1ccc2c(c1)CCC(=O)N2. The van der Waals surface area contributed by atoms with Crippen molar-refractivity contribution in [2.45, 2.75) is 32.3 Å². The molecule has 0 spiro atoms. The van der Waals surface area contributed by atoms with Crippen LogP contribution in [0.5, 0.6) is 5.75 Å². The van der Waals surface area contributed by atoms with Crippen LogP contribution in [-0.2, 0) is 16.0 Å². The standard InChI is InChI=1S/C13H15NO4/c1-8(6-13(16)17)18-10-3-4-11-9(7-10)2-5-12(15)14-11/h3-4,7-8H,2,5-6H2,1H3,(H,14,15)(H,16,17)/t8-/m0/s1. The molecule has 1 aliphatic rings. The first-order valence-corrected chi connectivity index (χ1v) is 5.86. The van der Waals surface area contributed by atoms with E-state index in [0.29, 0.717) is 18.6 Å². The van der Waals surface area contributed by atoms with Crippen LogP contribution in [0.1, 0.15) is 25.3 Å². The fourth-order valence-corrected chi connectivity index (χ4v) is 1.95. The summed E-state index contributed by atoms with van der Waals surface area (Å²) in [6, 6.07) is 5.38. The number of anilines is 1. The van der Waals surface area contributed by atoms with Crippen molar-refractivity contribution >= 4 is 17.6 Å². The van der Waals surface area contributed by atoms with Gasteiger partial charge in [-0.1, -0.05) is 0 Å². The van der Waals surface area contributed by atoms with Crippen LogP contribution in [0.2, 0.25) is 0 Å². The second kappa shape index (κ2) is 5.08. The molecule has 0 bridgehead atoms. The predicted molar refractivity (Wildman–Crippen MR) is 65.7 cm³/mol. The first-order chi connectivity index (χ1) is 8.54. The summed E-state index contributed by atoms with van der Waals surface area (Å²) in [6.07, 6.45) is 0.749. The maximum absolute atomic E-state index is 11.2. The molecule has 0 fully saturated rings. The summed E-state index contributed by atoms with van der Waals surface area (Å²) in [7, 11) is 0. The summed E-state index contributed by atoms with van der Waals surface area (Å²) in [6.45, 7) is 1.72. The Hall–Kier alpha value is -2.04. The minimum atomic E-state index is -0.882. The average molecular weight is 249 g/mol. The molecule has 5 nitrogen and oxygen atoms in total. The number of aliphatic carboxylic acids is 1. The average Bonchev–Trinajstić information content (AvgIpc) is 2.28. The van der Waals surface area contributed by atoms with Gasteiger partial charge >= 0.3 is 5.97 Å². The number of aryl methyl sites for hydroxylation is 1. The lowest BCUT2D eigenvalue weighted by Gasteiger charge is -2.19. The van der Waals surface area contributed by atoms with E-state index in [9.17, 15) is 9.59 Å². The van der Waals surface area contributed by atoms with Crippen LogP contribution < -0.4 is 10.1 Å². The van der Waals surface area contributed by atoms with Crippen molar-refractivity contribution < 1.29 is 19.4 Å². The molecular formula is C13H15NO4. The highest BCUT2D eigenvalue weighted by atomic mass is 16.5. The molecule has 0 saturated heterocycles. The number of rotatable bonds is 4.